The molecule has 26 heavy (non-hydrogen) atoms. The fourth-order valence-corrected chi connectivity index (χ4v) is 3.48. The Morgan fingerprint density at radius 3 is 2.38 bits per heavy atom. The molecule has 0 bridgehead atoms. The van der Waals surface area contributed by atoms with Crippen molar-refractivity contribution in [2.75, 3.05) is 31.1 Å². The lowest BCUT2D eigenvalue weighted by molar-refractivity contribution is 0.0747. The number of piperazine rings is 1. The fraction of sp³-hybridized carbons (Fsp3) is 0.200. The van der Waals surface area contributed by atoms with Crippen molar-refractivity contribution in [3.63, 3.8) is 0 Å². The van der Waals surface area contributed by atoms with E-state index in [1.54, 1.807) is 24.3 Å². The van der Waals surface area contributed by atoms with Crippen LogP contribution in [0.1, 0.15) is 10.4 Å². The van der Waals surface area contributed by atoms with Gasteiger partial charge in [0.05, 0.1) is 11.2 Å². The second kappa shape index (κ2) is 6.84. The summed E-state index contributed by atoms with van der Waals surface area (Å²) in [5.74, 6) is 0.0210. The van der Waals surface area contributed by atoms with Gasteiger partial charge in [0.15, 0.2) is 0 Å². The minimum absolute atomic E-state index is 0.0210. The number of hydrogen-bond acceptors (Lipinski definition) is 3. The number of anilines is 1. The van der Waals surface area contributed by atoms with Gasteiger partial charge in [-0.1, -0.05) is 23.7 Å². The number of halogens is 1. The number of hydrogen-bond donors (Lipinski definition) is 1. The molecule has 2 heterocycles. The van der Waals surface area contributed by atoms with Crippen molar-refractivity contribution in [2.45, 2.75) is 0 Å². The second-order valence-electron chi connectivity index (χ2n) is 6.35. The highest BCUT2D eigenvalue weighted by Gasteiger charge is 2.23. The Hall–Kier alpha value is -2.79. The molecule has 1 fully saturated rings. The Morgan fingerprint density at radius 2 is 1.65 bits per heavy atom. The Morgan fingerprint density at radius 1 is 0.923 bits per heavy atom. The van der Waals surface area contributed by atoms with Gasteiger partial charge in [0.2, 0.25) is 5.56 Å². The molecule has 6 heteroatoms. The summed E-state index contributed by atoms with van der Waals surface area (Å²) in [6.07, 6.45) is 0. The lowest BCUT2D eigenvalue weighted by Gasteiger charge is -2.36. The highest BCUT2D eigenvalue weighted by Crippen LogP contribution is 2.25. The number of para-hydroxylation sites is 1. The minimum Gasteiger partial charge on any atom is -0.366 e. The number of nitrogens with one attached hydrogen (secondary N) is 1. The fourth-order valence-electron chi connectivity index (χ4n) is 3.35. The first-order valence-electron chi connectivity index (χ1n) is 8.54. The minimum atomic E-state index is -0.110. The number of aromatic amines is 1. The topological polar surface area (TPSA) is 56.4 Å². The van der Waals surface area contributed by atoms with Crippen molar-refractivity contribution in [2.24, 2.45) is 0 Å². The van der Waals surface area contributed by atoms with E-state index in [0.29, 0.717) is 23.7 Å². The number of nitrogens with zero attached hydrogens (tertiary/aromatic N) is 2. The van der Waals surface area contributed by atoms with Gasteiger partial charge in [-0.3, -0.25) is 9.59 Å². The van der Waals surface area contributed by atoms with Gasteiger partial charge in [-0.05, 0) is 36.4 Å². The molecule has 0 saturated carbocycles. The summed E-state index contributed by atoms with van der Waals surface area (Å²) in [5, 5.41) is 1.62. The molecule has 4 rings (SSSR count). The van der Waals surface area contributed by atoms with Gasteiger partial charge in [-0.2, -0.15) is 0 Å². The number of aromatic nitrogens is 1. The van der Waals surface area contributed by atoms with Crippen LogP contribution in [0.2, 0.25) is 5.02 Å². The monoisotopic (exact) mass is 367 g/mol. The third kappa shape index (κ3) is 3.18. The van der Waals surface area contributed by atoms with Gasteiger partial charge in [-0.15, -0.1) is 0 Å². The largest absolute Gasteiger partial charge is 0.366 e. The van der Waals surface area contributed by atoms with Gasteiger partial charge in [-0.25, -0.2) is 0 Å². The molecule has 132 valence electrons. The summed E-state index contributed by atoms with van der Waals surface area (Å²) < 4.78 is 0. The summed E-state index contributed by atoms with van der Waals surface area (Å²) in [7, 11) is 0. The van der Waals surface area contributed by atoms with E-state index in [1.165, 1.54) is 6.07 Å². The zero-order chi connectivity index (χ0) is 18.1. The summed E-state index contributed by atoms with van der Waals surface area (Å²) in [4.78, 5) is 31.3. The van der Waals surface area contributed by atoms with E-state index in [2.05, 4.69) is 9.88 Å². The highest BCUT2D eigenvalue weighted by atomic mass is 35.5. The van der Waals surface area contributed by atoms with Gasteiger partial charge in [0.25, 0.3) is 5.91 Å². The number of fused-ring (bicyclic) bond motifs is 1. The predicted molar refractivity (Wildman–Crippen MR) is 104 cm³/mol. The van der Waals surface area contributed by atoms with Crippen LogP contribution in [-0.4, -0.2) is 42.0 Å². The first-order chi connectivity index (χ1) is 12.6. The zero-order valence-corrected chi connectivity index (χ0v) is 14.9. The van der Waals surface area contributed by atoms with Gasteiger partial charge >= 0.3 is 0 Å². The summed E-state index contributed by atoms with van der Waals surface area (Å²) in [6, 6.07) is 16.3. The average molecular weight is 368 g/mol. The number of amides is 1. The molecule has 0 unspecified atom stereocenters. The normalized spacial score (nSPS) is 14.7. The zero-order valence-electron chi connectivity index (χ0n) is 14.1. The summed E-state index contributed by atoms with van der Waals surface area (Å²) in [6.45, 7) is 2.70. The molecular weight excluding hydrogens is 350 g/mol. The molecular formula is C20H18ClN3O2. The van der Waals surface area contributed by atoms with E-state index in [9.17, 15) is 9.59 Å². The molecule has 1 N–H and O–H groups in total. The molecule has 2 aromatic carbocycles. The van der Waals surface area contributed by atoms with Crippen LogP contribution < -0.4 is 10.5 Å². The summed E-state index contributed by atoms with van der Waals surface area (Å²) in [5.41, 5.74) is 2.38. The van der Waals surface area contributed by atoms with E-state index >= 15 is 0 Å². The van der Waals surface area contributed by atoms with Crippen molar-refractivity contribution in [3.8, 4) is 0 Å². The van der Waals surface area contributed by atoms with Crippen molar-refractivity contribution >= 4 is 34.1 Å². The van der Waals surface area contributed by atoms with Crippen molar-refractivity contribution in [1.82, 2.24) is 9.88 Å². The Bertz CT molecular complexity index is 1010. The van der Waals surface area contributed by atoms with Crippen LogP contribution in [0.3, 0.4) is 0 Å². The van der Waals surface area contributed by atoms with Crippen LogP contribution in [0.25, 0.3) is 10.9 Å². The molecule has 0 aliphatic carbocycles. The van der Waals surface area contributed by atoms with Gasteiger partial charge in [0.1, 0.15) is 0 Å². The summed E-state index contributed by atoms with van der Waals surface area (Å²) >= 11 is 5.89. The van der Waals surface area contributed by atoms with Crippen LogP contribution in [-0.2, 0) is 0 Å². The number of H-pyrrole nitrogens is 1. The molecule has 1 aliphatic heterocycles. The molecule has 3 aromatic rings. The van der Waals surface area contributed by atoms with Crippen LogP contribution in [0.4, 0.5) is 5.69 Å². The Balaban J connectivity index is 1.52. The maximum atomic E-state index is 12.6. The van der Waals surface area contributed by atoms with E-state index in [4.69, 9.17) is 11.6 Å². The Labute approximate surface area is 155 Å². The third-order valence-corrected chi connectivity index (χ3v) is 4.99. The molecule has 1 aromatic heterocycles. The quantitative estimate of drug-likeness (QED) is 0.757. The highest BCUT2D eigenvalue weighted by molar-refractivity contribution is 6.30. The first kappa shape index (κ1) is 16.7. The SMILES string of the molecule is O=C(c1ccc(Cl)cc1)N1CCN(c2cccc3ccc(=O)[nH]c23)CC1. The van der Waals surface area contributed by atoms with Crippen molar-refractivity contribution in [1.29, 1.82) is 0 Å². The van der Waals surface area contributed by atoms with Crippen LogP contribution >= 0.6 is 11.6 Å². The smallest absolute Gasteiger partial charge is 0.253 e. The standard InChI is InChI=1S/C20H18ClN3O2/c21-16-7-4-15(5-8-16)20(26)24-12-10-23(11-13-24)17-3-1-2-14-6-9-18(25)22-19(14)17/h1-9H,10-13H2,(H,22,25). The molecule has 0 spiro atoms. The average Bonchev–Trinajstić information content (AvgIpc) is 2.68. The lowest BCUT2D eigenvalue weighted by Crippen LogP contribution is -2.48. The van der Waals surface area contributed by atoms with Crippen molar-refractivity contribution in [3.05, 3.63) is 75.5 Å². The number of pyridine rings is 1. The van der Waals surface area contributed by atoms with Crippen LogP contribution in [0, 0.1) is 0 Å². The van der Waals surface area contributed by atoms with E-state index < -0.39 is 0 Å². The Kier molecular flexibility index (Phi) is 4.39. The number of benzene rings is 2. The van der Waals surface area contributed by atoms with E-state index in [-0.39, 0.29) is 11.5 Å². The van der Waals surface area contributed by atoms with E-state index in [1.807, 2.05) is 29.2 Å². The number of carbonyl (C=O) groups excluding carboxylic acids is 1. The van der Waals surface area contributed by atoms with Gasteiger partial charge < -0.3 is 14.8 Å². The molecule has 0 atom stereocenters. The van der Waals surface area contributed by atoms with Gasteiger partial charge in [0, 0.05) is 48.2 Å². The lowest BCUT2D eigenvalue weighted by atomic mass is 10.1. The molecule has 0 radical (unpaired) electrons. The second-order valence-corrected chi connectivity index (χ2v) is 6.79. The molecule has 1 aliphatic rings. The number of carbonyl (C=O) groups is 1. The molecule has 5 nitrogen and oxygen atoms in total. The molecule has 1 saturated heterocycles. The maximum absolute atomic E-state index is 12.6. The maximum Gasteiger partial charge on any atom is 0.253 e. The van der Waals surface area contributed by atoms with Crippen LogP contribution in [0.5, 0.6) is 0 Å². The van der Waals surface area contributed by atoms with Crippen LogP contribution in [0.15, 0.2) is 59.4 Å². The van der Waals surface area contributed by atoms with E-state index in [0.717, 1.165) is 29.7 Å². The number of rotatable bonds is 2. The molecule has 1 amide bonds. The first-order valence-corrected chi connectivity index (χ1v) is 8.91. The predicted octanol–water partition coefficient (Wildman–Crippen LogP) is 3.14. The van der Waals surface area contributed by atoms with Crippen molar-refractivity contribution < 1.29 is 4.79 Å². The third-order valence-electron chi connectivity index (χ3n) is 4.74.